The second-order valence-electron chi connectivity index (χ2n) is 5.13. The Kier molecular flexibility index (Phi) is 5.04. The van der Waals surface area contributed by atoms with Crippen molar-refractivity contribution in [3.05, 3.63) is 58.7 Å². The minimum atomic E-state index is -0.123. The molecule has 2 aromatic carbocycles. The lowest BCUT2D eigenvalue weighted by atomic mass is 10.1. The zero-order valence-corrected chi connectivity index (χ0v) is 13.4. The molecule has 2 aromatic rings. The molecule has 0 aliphatic rings. The fraction of sp³-hybridized carbons (Fsp3) is 0.278. The fourth-order valence-corrected chi connectivity index (χ4v) is 2.30. The van der Waals surface area contributed by atoms with Crippen LogP contribution in [0.2, 0.25) is 0 Å². The second kappa shape index (κ2) is 6.98. The number of hydrogen-bond donors (Lipinski definition) is 1. The van der Waals surface area contributed by atoms with Gasteiger partial charge in [-0.2, -0.15) is 0 Å². The highest BCUT2D eigenvalue weighted by Gasteiger charge is 2.14. The molecule has 0 saturated heterocycles. The minimum absolute atomic E-state index is 0.123. The smallest absolute Gasteiger partial charge is 0.251 e. The summed E-state index contributed by atoms with van der Waals surface area (Å²) in [6.07, 6.45) is 0. The molecule has 1 amide bonds. The quantitative estimate of drug-likeness (QED) is 0.922. The third-order valence-electron chi connectivity index (χ3n) is 3.68. The number of rotatable bonds is 5. The van der Waals surface area contributed by atoms with E-state index in [0.717, 1.165) is 16.7 Å². The fourth-order valence-electron chi connectivity index (χ4n) is 2.30. The maximum absolute atomic E-state index is 12.4. The lowest BCUT2D eigenvalue weighted by Gasteiger charge is -2.13. The number of hydrogen-bond acceptors (Lipinski definition) is 3. The van der Waals surface area contributed by atoms with Gasteiger partial charge >= 0.3 is 0 Å². The van der Waals surface area contributed by atoms with E-state index >= 15 is 0 Å². The van der Waals surface area contributed by atoms with Gasteiger partial charge in [-0.05, 0) is 42.7 Å². The monoisotopic (exact) mass is 299 g/mol. The van der Waals surface area contributed by atoms with Gasteiger partial charge in [-0.3, -0.25) is 4.79 Å². The van der Waals surface area contributed by atoms with Crippen molar-refractivity contribution in [1.29, 1.82) is 0 Å². The van der Waals surface area contributed by atoms with Gasteiger partial charge in [0, 0.05) is 12.1 Å². The van der Waals surface area contributed by atoms with Crippen LogP contribution in [0.25, 0.3) is 0 Å². The first-order valence-electron chi connectivity index (χ1n) is 7.12. The Bertz CT molecular complexity index is 680. The normalized spacial score (nSPS) is 10.2. The number of nitrogens with one attached hydrogen (secondary N) is 1. The van der Waals surface area contributed by atoms with Crippen molar-refractivity contribution < 1.29 is 14.3 Å². The standard InChI is InChI=1S/C18H21NO3/c1-12-7-5-6-8-14(12)11-19-18(20)15-10-17(22-4)16(21-3)9-13(15)2/h5-10H,11H2,1-4H3,(H,19,20). The van der Waals surface area contributed by atoms with Crippen molar-refractivity contribution in [2.24, 2.45) is 0 Å². The highest BCUT2D eigenvalue weighted by molar-refractivity contribution is 5.96. The van der Waals surface area contributed by atoms with Crippen molar-refractivity contribution in [2.45, 2.75) is 20.4 Å². The van der Waals surface area contributed by atoms with Crippen LogP contribution in [0.3, 0.4) is 0 Å². The molecule has 1 N–H and O–H groups in total. The predicted octanol–water partition coefficient (Wildman–Crippen LogP) is 3.25. The zero-order chi connectivity index (χ0) is 16.1. The average molecular weight is 299 g/mol. The van der Waals surface area contributed by atoms with E-state index in [2.05, 4.69) is 5.32 Å². The summed E-state index contributed by atoms with van der Waals surface area (Å²) in [5, 5.41) is 2.95. The van der Waals surface area contributed by atoms with Crippen LogP contribution in [0.4, 0.5) is 0 Å². The molecule has 116 valence electrons. The Morgan fingerprint density at radius 1 is 1.00 bits per heavy atom. The molecule has 0 aliphatic heterocycles. The van der Waals surface area contributed by atoms with Crippen molar-refractivity contribution >= 4 is 5.91 Å². The summed E-state index contributed by atoms with van der Waals surface area (Å²) in [4.78, 5) is 12.4. The Morgan fingerprint density at radius 2 is 1.64 bits per heavy atom. The molecule has 2 rings (SSSR count). The van der Waals surface area contributed by atoms with Crippen molar-refractivity contribution in [3.63, 3.8) is 0 Å². The maximum atomic E-state index is 12.4. The van der Waals surface area contributed by atoms with E-state index in [0.29, 0.717) is 23.6 Å². The van der Waals surface area contributed by atoms with E-state index in [1.54, 1.807) is 20.3 Å². The third-order valence-corrected chi connectivity index (χ3v) is 3.68. The summed E-state index contributed by atoms with van der Waals surface area (Å²) >= 11 is 0. The van der Waals surface area contributed by atoms with Gasteiger partial charge in [0.25, 0.3) is 5.91 Å². The largest absolute Gasteiger partial charge is 0.493 e. The van der Waals surface area contributed by atoms with Gasteiger partial charge in [0.15, 0.2) is 11.5 Å². The molecule has 22 heavy (non-hydrogen) atoms. The predicted molar refractivity (Wildman–Crippen MR) is 86.6 cm³/mol. The third kappa shape index (κ3) is 3.39. The highest BCUT2D eigenvalue weighted by Crippen LogP contribution is 2.30. The number of ether oxygens (including phenoxy) is 2. The van der Waals surface area contributed by atoms with E-state index < -0.39 is 0 Å². The SMILES string of the molecule is COc1cc(C)c(C(=O)NCc2ccccc2C)cc1OC. The van der Waals surface area contributed by atoms with Crippen LogP contribution < -0.4 is 14.8 Å². The number of aryl methyl sites for hydroxylation is 2. The van der Waals surface area contributed by atoms with Crippen LogP contribution in [0.15, 0.2) is 36.4 Å². The van der Waals surface area contributed by atoms with E-state index in [-0.39, 0.29) is 5.91 Å². The Labute approximate surface area is 131 Å². The summed E-state index contributed by atoms with van der Waals surface area (Å²) in [5.41, 5.74) is 3.70. The van der Waals surface area contributed by atoms with E-state index in [4.69, 9.17) is 9.47 Å². The first-order chi connectivity index (χ1) is 10.6. The van der Waals surface area contributed by atoms with Gasteiger partial charge in [-0.1, -0.05) is 24.3 Å². The molecule has 0 heterocycles. The number of methoxy groups -OCH3 is 2. The van der Waals surface area contributed by atoms with Gasteiger partial charge in [-0.15, -0.1) is 0 Å². The van der Waals surface area contributed by atoms with Crippen LogP contribution in [-0.4, -0.2) is 20.1 Å². The summed E-state index contributed by atoms with van der Waals surface area (Å²) < 4.78 is 10.5. The van der Waals surface area contributed by atoms with Gasteiger partial charge in [0.1, 0.15) is 0 Å². The van der Waals surface area contributed by atoms with Crippen LogP contribution >= 0.6 is 0 Å². The molecule has 4 nitrogen and oxygen atoms in total. The van der Waals surface area contributed by atoms with Crippen molar-refractivity contribution in [1.82, 2.24) is 5.32 Å². The molecule has 0 atom stereocenters. The molecule has 0 bridgehead atoms. The molecule has 0 aliphatic carbocycles. The summed E-state index contributed by atoms with van der Waals surface area (Å²) in [5.74, 6) is 1.05. The molecule has 0 aromatic heterocycles. The zero-order valence-electron chi connectivity index (χ0n) is 13.4. The number of carbonyl (C=O) groups is 1. The number of amides is 1. The molecule has 0 spiro atoms. The second-order valence-corrected chi connectivity index (χ2v) is 5.13. The van der Waals surface area contributed by atoms with Crippen LogP contribution in [0.1, 0.15) is 27.0 Å². The molecule has 4 heteroatoms. The Hall–Kier alpha value is -2.49. The van der Waals surface area contributed by atoms with Crippen LogP contribution in [0, 0.1) is 13.8 Å². The van der Waals surface area contributed by atoms with Gasteiger partial charge in [0.05, 0.1) is 14.2 Å². The maximum Gasteiger partial charge on any atom is 0.251 e. The molecule has 0 radical (unpaired) electrons. The Balaban J connectivity index is 2.18. The number of carbonyl (C=O) groups excluding carboxylic acids is 1. The van der Waals surface area contributed by atoms with Crippen molar-refractivity contribution in [2.75, 3.05) is 14.2 Å². The first-order valence-corrected chi connectivity index (χ1v) is 7.12. The molecular weight excluding hydrogens is 278 g/mol. The van der Waals surface area contributed by atoms with E-state index in [9.17, 15) is 4.79 Å². The van der Waals surface area contributed by atoms with Gasteiger partial charge < -0.3 is 14.8 Å². The van der Waals surface area contributed by atoms with Gasteiger partial charge in [-0.25, -0.2) is 0 Å². The first kappa shape index (κ1) is 15.9. The summed E-state index contributed by atoms with van der Waals surface area (Å²) in [6, 6.07) is 11.5. The lowest BCUT2D eigenvalue weighted by molar-refractivity contribution is 0.0950. The van der Waals surface area contributed by atoms with Crippen LogP contribution in [-0.2, 0) is 6.54 Å². The topological polar surface area (TPSA) is 47.6 Å². The summed E-state index contributed by atoms with van der Waals surface area (Å²) in [7, 11) is 3.14. The summed E-state index contributed by atoms with van der Waals surface area (Å²) in [6.45, 7) is 4.41. The molecule has 0 fully saturated rings. The highest BCUT2D eigenvalue weighted by atomic mass is 16.5. The minimum Gasteiger partial charge on any atom is -0.493 e. The number of benzene rings is 2. The van der Waals surface area contributed by atoms with E-state index in [1.165, 1.54) is 0 Å². The average Bonchev–Trinajstić information content (AvgIpc) is 2.53. The Morgan fingerprint density at radius 3 is 2.27 bits per heavy atom. The van der Waals surface area contributed by atoms with E-state index in [1.807, 2.05) is 44.2 Å². The lowest BCUT2D eigenvalue weighted by Crippen LogP contribution is -2.24. The van der Waals surface area contributed by atoms with Crippen LogP contribution in [0.5, 0.6) is 11.5 Å². The van der Waals surface area contributed by atoms with Gasteiger partial charge in [0.2, 0.25) is 0 Å². The van der Waals surface area contributed by atoms with Crippen molar-refractivity contribution in [3.8, 4) is 11.5 Å². The molecular formula is C18H21NO3. The molecule has 0 saturated carbocycles. The molecule has 0 unspecified atom stereocenters.